The van der Waals surface area contributed by atoms with Crippen LogP contribution in [0.15, 0.2) is 48.5 Å². The SMILES string of the molecule is C[C@@H]1CN(Cc2ccccc2CNC(=O)c2ccccc2Cl)C[C@H](C)O1. The maximum Gasteiger partial charge on any atom is 0.253 e. The van der Waals surface area contributed by atoms with Crippen LogP contribution in [0.5, 0.6) is 0 Å². The first-order valence-electron chi connectivity index (χ1n) is 9.00. The van der Waals surface area contributed by atoms with E-state index in [0.717, 1.165) is 25.2 Å². The average molecular weight is 373 g/mol. The number of hydrogen-bond acceptors (Lipinski definition) is 3. The topological polar surface area (TPSA) is 41.6 Å². The molecule has 0 aliphatic carbocycles. The van der Waals surface area contributed by atoms with E-state index in [2.05, 4.69) is 36.2 Å². The summed E-state index contributed by atoms with van der Waals surface area (Å²) in [5.41, 5.74) is 2.86. The van der Waals surface area contributed by atoms with Gasteiger partial charge in [-0.2, -0.15) is 0 Å². The van der Waals surface area contributed by atoms with Crippen LogP contribution >= 0.6 is 11.6 Å². The first-order valence-corrected chi connectivity index (χ1v) is 9.38. The molecule has 2 aromatic rings. The molecule has 0 aromatic heterocycles. The lowest BCUT2D eigenvalue weighted by atomic mass is 10.1. The van der Waals surface area contributed by atoms with Gasteiger partial charge in [-0.25, -0.2) is 0 Å². The van der Waals surface area contributed by atoms with Gasteiger partial charge in [-0.15, -0.1) is 0 Å². The average Bonchev–Trinajstić information content (AvgIpc) is 2.60. The highest BCUT2D eigenvalue weighted by Crippen LogP contribution is 2.18. The van der Waals surface area contributed by atoms with E-state index in [4.69, 9.17) is 16.3 Å². The second-order valence-electron chi connectivity index (χ2n) is 6.88. The van der Waals surface area contributed by atoms with Gasteiger partial charge in [0.1, 0.15) is 0 Å². The summed E-state index contributed by atoms with van der Waals surface area (Å²) in [4.78, 5) is 14.8. The van der Waals surface area contributed by atoms with Crippen LogP contribution in [0.1, 0.15) is 35.3 Å². The third-order valence-electron chi connectivity index (χ3n) is 4.57. The van der Waals surface area contributed by atoms with Gasteiger partial charge in [0, 0.05) is 26.2 Å². The number of ether oxygens (including phenoxy) is 1. The molecule has 3 rings (SSSR count). The normalized spacial score (nSPS) is 20.7. The van der Waals surface area contributed by atoms with E-state index in [0.29, 0.717) is 17.1 Å². The van der Waals surface area contributed by atoms with Crippen molar-refractivity contribution in [2.75, 3.05) is 13.1 Å². The molecular formula is C21H25ClN2O2. The van der Waals surface area contributed by atoms with Gasteiger partial charge in [-0.05, 0) is 37.1 Å². The van der Waals surface area contributed by atoms with Crippen molar-refractivity contribution in [1.82, 2.24) is 10.2 Å². The van der Waals surface area contributed by atoms with Gasteiger partial charge in [-0.1, -0.05) is 48.0 Å². The van der Waals surface area contributed by atoms with E-state index >= 15 is 0 Å². The highest BCUT2D eigenvalue weighted by atomic mass is 35.5. The van der Waals surface area contributed by atoms with Crippen molar-refractivity contribution in [1.29, 1.82) is 0 Å². The van der Waals surface area contributed by atoms with E-state index in [1.54, 1.807) is 12.1 Å². The molecule has 4 nitrogen and oxygen atoms in total. The lowest BCUT2D eigenvalue weighted by molar-refractivity contribution is -0.0705. The number of nitrogens with one attached hydrogen (secondary N) is 1. The molecule has 1 fully saturated rings. The molecule has 1 amide bonds. The van der Waals surface area contributed by atoms with Crippen molar-refractivity contribution in [2.45, 2.75) is 39.1 Å². The molecule has 0 spiro atoms. The molecule has 26 heavy (non-hydrogen) atoms. The summed E-state index contributed by atoms with van der Waals surface area (Å²) in [7, 11) is 0. The number of benzene rings is 2. The van der Waals surface area contributed by atoms with E-state index < -0.39 is 0 Å². The molecule has 1 N–H and O–H groups in total. The van der Waals surface area contributed by atoms with Gasteiger partial charge in [0.05, 0.1) is 22.8 Å². The molecule has 0 radical (unpaired) electrons. The smallest absolute Gasteiger partial charge is 0.253 e. The molecule has 1 saturated heterocycles. The molecule has 1 heterocycles. The minimum Gasteiger partial charge on any atom is -0.373 e. The molecule has 0 unspecified atom stereocenters. The minimum absolute atomic E-state index is 0.154. The second kappa shape index (κ2) is 8.67. The quantitative estimate of drug-likeness (QED) is 0.866. The fraction of sp³-hybridized carbons (Fsp3) is 0.381. The van der Waals surface area contributed by atoms with Crippen molar-refractivity contribution in [2.24, 2.45) is 0 Å². The third kappa shape index (κ3) is 4.85. The van der Waals surface area contributed by atoms with Crippen molar-refractivity contribution in [3.63, 3.8) is 0 Å². The number of amides is 1. The van der Waals surface area contributed by atoms with E-state index in [-0.39, 0.29) is 18.1 Å². The van der Waals surface area contributed by atoms with Crippen LogP contribution in [0.2, 0.25) is 5.02 Å². The van der Waals surface area contributed by atoms with Crippen LogP contribution in [0, 0.1) is 0 Å². The minimum atomic E-state index is -0.154. The first-order chi connectivity index (χ1) is 12.5. The summed E-state index contributed by atoms with van der Waals surface area (Å²) in [6.07, 6.45) is 0.483. The van der Waals surface area contributed by atoms with Crippen LogP contribution in [-0.2, 0) is 17.8 Å². The van der Waals surface area contributed by atoms with Crippen LogP contribution in [0.25, 0.3) is 0 Å². The van der Waals surface area contributed by atoms with Crippen molar-refractivity contribution >= 4 is 17.5 Å². The molecule has 138 valence electrons. The standard InChI is InChI=1S/C21H25ClN2O2/c1-15-12-24(13-16(2)26-15)14-18-8-4-3-7-17(18)11-23-21(25)19-9-5-6-10-20(19)22/h3-10,15-16H,11-14H2,1-2H3,(H,23,25)/t15-,16+. The van der Waals surface area contributed by atoms with Crippen molar-refractivity contribution in [3.8, 4) is 0 Å². The van der Waals surface area contributed by atoms with Crippen molar-refractivity contribution < 1.29 is 9.53 Å². The largest absolute Gasteiger partial charge is 0.373 e. The Labute approximate surface area is 160 Å². The molecule has 2 atom stereocenters. The number of carbonyl (C=O) groups is 1. The third-order valence-corrected chi connectivity index (χ3v) is 4.90. The van der Waals surface area contributed by atoms with Gasteiger partial charge in [0.25, 0.3) is 5.91 Å². The van der Waals surface area contributed by atoms with Crippen LogP contribution in [-0.4, -0.2) is 36.1 Å². The predicted molar refractivity (Wildman–Crippen MR) is 104 cm³/mol. The number of morpholine rings is 1. The molecule has 5 heteroatoms. The Bertz CT molecular complexity index is 755. The van der Waals surface area contributed by atoms with Crippen molar-refractivity contribution in [3.05, 3.63) is 70.2 Å². The van der Waals surface area contributed by atoms with Gasteiger partial charge >= 0.3 is 0 Å². The Morgan fingerprint density at radius 1 is 1.08 bits per heavy atom. The number of hydrogen-bond donors (Lipinski definition) is 1. The molecule has 0 bridgehead atoms. The molecular weight excluding hydrogens is 348 g/mol. The molecule has 0 saturated carbocycles. The zero-order valence-electron chi connectivity index (χ0n) is 15.2. The summed E-state index contributed by atoms with van der Waals surface area (Å²) in [5.74, 6) is -0.154. The Balaban J connectivity index is 1.66. The number of rotatable bonds is 5. The van der Waals surface area contributed by atoms with Gasteiger partial charge in [0.2, 0.25) is 0 Å². The second-order valence-corrected chi connectivity index (χ2v) is 7.29. The predicted octanol–water partition coefficient (Wildman–Crippen LogP) is 3.88. The van der Waals surface area contributed by atoms with E-state index in [9.17, 15) is 4.79 Å². The number of nitrogens with zero attached hydrogens (tertiary/aromatic N) is 1. The van der Waals surface area contributed by atoms with Gasteiger partial charge in [-0.3, -0.25) is 9.69 Å². The van der Waals surface area contributed by atoms with Gasteiger partial charge in [0.15, 0.2) is 0 Å². The van der Waals surface area contributed by atoms with Gasteiger partial charge < -0.3 is 10.1 Å². The van der Waals surface area contributed by atoms with E-state index in [1.165, 1.54) is 5.56 Å². The van der Waals surface area contributed by atoms with Crippen LogP contribution in [0.4, 0.5) is 0 Å². The highest BCUT2D eigenvalue weighted by Gasteiger charge is 2.22. The number of halogens is 1. The van der Waals surface area contributed by atoms with E-state index in [1.807, 2.05) is 24.3 Å². The first kappa shape index (κ1) is 18.9. The summed E-state index contributed by atoms with van der Waals surface area (Å²) in [6.45, 7) is 7.40. The maximum atomic E-state index is 12.4. The zero-order valence-corrected chi connectivity index (χ0v) is 16.0. The van der Waals surface area contributed by atoms with Crippen LogP contribution in [0.3, 0.4) is 0 Å². The fourth-order valence-electron chi connectivity index (χ4n) is 3.45. The Morgan fingerprint density at radius 2 is 1.69 bits per heavy atom. The Kier molecular flexibility index (Phi) is 6.30. The molecule has 1 aliphatic heterocycles. The summed E-state index contributed by atoms with van der Waals surface area (Å²) in [5, 5.41) is 3.45. The summed E-state index contributed by atoms with van der Waals surface area (Å²) < 4.78 is 5.81. The fourth-order valence-corrected chi connectivity index (χ4v) is 3.68. The molecule has 2 aromatic carbocycles. The Morgan fingerprint density at radius 3 is 2.38 bits per heavy atom. The lowest BCUT2D eigenvalue weighted by Crippen LogP contribution is -2.45. The van der Waals surface area contributed by atoms with Crippen LogP contribution < -0.4 is 5.32 Å². The maximum absolute atomic E-state index is 12.4. The molecule has 1 aliphatic rings. The number of carbonyl (C=O) groups excluding carboxylic acids is 1. The highest BCUT2D eigenvalue weighted by molar-refractivity contribution is 6.33. The monoisotopic (exact) mass is 372 g/mol. The zero-order chi connectivity index (χ0) is 18.5. The summed E-state index contributed by atoms with van der Waals surface area (Å²) in [6, 6.07) is 15.3. The lowest BCUT2D eigenvalue weighted by Gasteiger charge is -2.35. The Hall–Kier alpha value is -1.88. The summed E-state index contributed by atoms with van der Waals surface area (Å²) >= 11 is 6.11.